The number of carbonyl (C=O) groups is 1. The molecule has 16 heavy (non-hydrogen) atoms. The zero-order chi connectivity index (χ0) is 12.3. The summed E-state index contributed by atoms with van der Waals surface area (Å²) in [6.45, 7) is 5.70. The van der Waals surface area contributed by atoms with Gasteiger partial charge in [-0.25, -0.2) is 0 Å². The number of rotatable bonds is 3. The molecule has 0 atom stereocenters. The molecule has 0 bridgehead atoms. The van der Waals surface area contributed by atoms with E-state index in [4.69, 9.17) is 10.00 Å². The Labute approximate surface area is 95.7 Å². The Morgan fingerprint density at radius 2 is 2.00 bits per heavy atom. The van der Waals surface area contributed by atoms with Crippen LogP contribution in [0.4, 0.5) is 0 Å². The van der Waals surface area contributed by atoms with Gasteiger partial charge in [0.1, 0.15) is 5.75 Å². The molecule has 0 N–H and O–H groups in total. The van der Waals surface area contributed by atoms with Gasteiger partial charge in [0.2, 0.25) is 0 Å². The van der Waals surface area contributed by atoms with Gasteiger partial charge in [0.25, 0.3) is 0 Å². The zero-order valence-corrected chi connectivity index (χ0v) is 10.0. The van der Waals surface area contributed by atoms with Crippen LogP contribution < -0.4 is 4.74 Å². The Balaban J connectivity index is 3.35. The number of hydrogen-bond donors (Lipinski definition) is 0. The predicted octanol–water partition coefficient (Wildman–Crippen LogP) is 2.72. The third-order valence-corrected chi connectivity index (χ3v) is 2.77. The predicted molar refractivity (Wildman–Crippen MR) is 61.8 cm³/mol. The van der Waals surface area contributed by atoms with E-state index in [0.717, 1.165) is 22.4 Å². The minimum Gasteiger partial charge on any atom is -0.496 e. The molecule has 0 radical (unpaired) electrons. The van der Waals surface area contributed by atoms with Gasteiger partial charge in [0.05, 0.1) is 19.6 Å². The number of benzene rings is 1. The lowest BCUT2D eigenvalue weighted by Gasteiger charge is -2.14. The Bertz CT molecular complexity index is 470. The molecule has 3 nitrogen and oxygen atoms in total. The molecular weight excluding hydrogens is 202 g/mol. The monoisotopic (exact) mass is 217 g/mol. The number of nitrogens with zero attached hydrogens (tertiary/aromatic N) is 1. The third kappa shape index (κ3) is 2.06. The van der Waals surface area contributed by atoms with Crippen molar-refractivity contribution in [2.24, 2.45) is 0 Å². The first-order valence-corrected chi connectivity index (χ1v) is 5.07. The fourth-order valence-electron chi connectivity index (χ4n) is 1.83. The van der Waals surface area contributed by atoms with E-state index in [-0.39, 0.29) is 12.2 Å². The number of carbonyl (C=O) groups excluding carboxylic acids is 1. The minimum atomic E-state index is -0.131. The molecule has 0 saturated heterocycles. The maximum atomic E-state index is 11.7. The fraction of sp³-hybridized carbons (Fsp3) is 0.385. The normalized spacial score (nSPS) is 9.69. The smallest absolute Gasteiger partial charge is 0.177 e. The van der Waals surface area contributed by atoms with E-state index in [1.165, 1.54) is 0 Å². The highest BCUT2D eigenvalue weighted by Crippen LogP contribution is 2.28. The van der Waals surface area contributed by atoms with Crippen LogP contribution in [0.15, 0.2) is 6.07 Å². The fourth-order valence-corrected chi connectivity index (χ4v) is 1.83. The molecule has 0 fully saturated rings. The molecule has 0 heterocycles. The number of nitriles is 1. The van der Waals surface area contributed by atoms with Crippen molar-refractivity contribution in [3.63, 3.8) is 0 Å². The summed E-state index contributed by atoms with van der Waals surface area (Å²) < 4.78 is 5.27. The summed E-state index contributed by atoms with van der Waals surface area (Å²) in [7, 11) is 1.62. The molecule has 0 unspecified atom stereocenters. The van der Waals surface area contributed by atoms with Crippen LogP contribution in [-0.2, 0) is 0 Å². The molecule has 1 rings (SSSR count). The van der Waals surface area contributed by atoms with Gasteiger partial charge in [-0.05, 0) is 43.5 Å². The van der Waals surface area contributed by atoms with E-state index in [9.17, 15) is 4.79 Å². The Hall–Kier alpha value is -1.82. The quantitative estimate of drug-likeness (QED) is 0.731. The lowest BCUT2D eigenvalue weighted by atomic mass is 9.95. The Morgan fingerprint density at radius 3 is 2.50 bits per heavy atom. The van der Waals surface area contributed by atoms with Crippen molar-refractivity contribution in [2.75, 3.05) is 7.11 Å². The second-order valence-corrected chi connectivity index (χ2v) is 3.78. The molecule has 0 amide bonds. The number of ketones is 1. The summed E-state index contributed by atoms with van der Waals surface area (Å²) in [6, 6.07) is 3.67. The summed E-state index contributed by atoms with van der Waals surface area (Å²) >= 11 is 0. The van der Waals surface area contributed by atoms with Crippen molar-refractivity contribution < 1.29 is 9.53 Å². The van der Waals surface area contributed by atoms with Crippen molar-refractivity contribution in [3.8, 4) is 11.8 Å². The lowest BCUT2D eigenvalue weighted by molar-refractivity contribution is 0.0997. The van der Waals surface area contributed by atoms with Crippen LogP contribution in [0, 0.1) is 32.1 Å². The molecule has 0 aliphatic rings. The van der Waals surface area contributed by atoms with Gasteiger partial charge >= 0.3 is 0 Å². The highest BCUT2D eigenvalue weighted by atomic mass is 16.5. The average molecular weight is 217 g/mol. The average Bonchev–Trinajstić information content (AvgIpc) is 2.24. The van der Waals surface area contributed by atoms with Gasteiger partial charge in [-0.1, -0.05) is 0 Å². The molecule has 0 saturated carbocycles. The van der Waals surface area contributed by atoms with Crippen LogP contribution in [-0.4, -0.2) is 12.9 Å². The van der Waals surface area contributed by atoms with Gasteiger partial charge in [-0.3, -0.25) is 4.79 Å². The first-order valence-electron chi connectivity index (χ1n) is 5.07. The summed E-state index contributed by atoms with van der Waals surface area (Å²) in [6.07, 6.45) is -0.0773. The van der Waals surface area contributed by atoms with Crippen LogP contribution in [0.2, 0.25) is 0 Å². The number of Topliss-reactive ketones (excluding diaryl/α,β-unsaturated/α-hetero) is 1. The molecule has 0 aromatic heterocycles. The first kappa shape index (κ1) is 12.3. The van der Waals surface area contributed by atoms with E-state index < -0.39 is 0 Å². The van der Waals surface area contributed by atoms with Crippen molar-refractivity contribution in [1.82, 2.24) is 0 Å². The number of ether oxygens (including phenoxy) is 1. The van der Waals surface area contributed by atoms with Crippen LogP contribution in [0.25, 0.3) is 0 Å². The Morgan fingerprint density at radius 1 is 1.38 bits per heavy atom. The molecule has 84 valence electrons. The van der Waals surface area contributed by atoms with E-state index >= 15 is 0 Å². The van der Waals surface area contributed by atoms with E-state index in [2.05, 4.69) is 0 Å². The highest BCUT2D eigenvalue weighted by Gasteiger charge is 2.15. The number of hydrogen-bond acceptors (Lipinski definition) is 3. The van der Waals surface area contributed by atoms with Crippen molar-refractivity contribution in [1.29, 1.82) is 5.26 Å². The number of methoxy groups -OCH3 is 1. The largest absolute Gasteiger partial charge is 0.496 e. The van der Waals surface area contributed by atoms with Crippen LogP contribution in [0.5, 0.6) is 5.75 Å². The first-order chi connectivity index (χ1) is 7.52. The second-order valence-electron chi connectivity index (χ2n) is 3.78. The van der Waals surface area contributed by atoms with Crippen molar-refractivity contribution in [3.05, 3.63) is 28.3 Å². The molecule has 0 aliphatic carbocycles. The number of aryl methyl sites for hydroxylation is 1. The molecule has 3 heteroatoms. The maximum absolute atomic E-state index is 11.7. The third-order valence-electron chi connectivity index (χ3n) is 2.77. The van der Waals surface area contributed by atoms with Gasteiger partial charge < -0.3 is 4.74 Å². The molecule has 1 aromatic rings. The van der Waals surface area contributed by atoms with Gasteiger partial charge in [-0.15, -0.1) is 0 Å². The summed E-state index contributed by atoms with van der Waals surface area (Å²) in [4.78, 5) is 11.7. The van der Waals surface area contributed by atoms with E-state index in [1.54, 1.807) is 13.2 Å². The second kappa shape index (κ2) is 4.80. The molecular formula is C13H15NO2. The lowest BCUT2D eigenvalue weighted by Crippen LogP contribution is -2.05. The Kier molecular flexibility index (Phi) is 3.68. The van der Waals surface area contributed by atoms with Crippen molar-refractivity contribution >= 4 is 5.78 Å². The topological polar surface area (TPSA) is 50.1 Å². The summed E-state index contributed by atoms with van der Waals surface area (Å²) in [5, 5.41) is 8.53. The summed E-state index contributed by atoms with van der Waals surface area (Å²) in [5.74, 6) is 0.680. The van der Waals surface area contributed by atoms with E-state index in [0.29, 0.717) is 5.56 Å². The molecule has 0 aliphatic heterocycles. The van der Waals surface area contributed by atoms with Gasteiger partial charge in [0.15, 0.2) is 5.78 Å². The SMILES string of the molecule is COc1c(C)cc(C(=O)CC#N)c(C)c1C. The van der Waals surface area contributed by atoms with Crippen molar-refractivity contribution in [2.45, 2.75) is 27.2 Å². The standard InChI is InChI=1S/C13H15NO2/c1-8-7-11(12(15)5-6-14)9(2)10(3)13(8)16-4/h7H,5H2,1-4H3. The zero-order valence-electron chi connectivity index (χ0n) is 10.0. The molecule has 1 aromatic carbocycles. The van der Waals surface area contributed by atoms with E-state index in [1.807, 2.05) is 26.8 Å². The summed E-state index contributed by atoms with van der Waals surface area (Å²) in [5.41, 5.74) is 3.40. The maximum Gasteiger partial charge on any atom is 0.177 e. The van der Waals surface area contributed by atoms with Crippen LogP contribution in [0.3, 0.4) is 0 Å². The van der Waals surface area contributed by atoms with Crippen LogP contribution in [0.1, 0.15) is 33.5 Å². The molecule has 0 spiro atoms. The van der Waals surface area contributed by atoms with Gasteiger partial charge in [-0.2, -0.15) is 5.26 Å². The highest BCUT2D eigenvalue weighted by molar-refractivity contribution is 5.99. The van der Waals surface area contributed by atoms with Crippen LogP contribution >= 0.6 is 0 Å². The van der Waals surface area contributed by atoms with Gasteiger partial charge in [0, 0.05) is 5.56 Å². The minimum absolute atomic E-state index is 0.0773.